The van der Waals surface area contributed by atoms with E-state index in [0.717, 1.165) is 22.6 Å². The zero-order valence-electron chi connectivity index (χ0n) is 10.9. The minimum atomic E-state index is 0.0882. The van der Waals surface area contributed by atoms with Crippen molar-refractivity contribution < 1.29 is 9.94 Å². The molecule has 2 aromatic rings. The van der Waals surface area contributed by atoms with E-state index < -0.39 is 0 Å². The Hall–Kier alpha value is -2.49. The maximum atomic E-state index is 8.65. The van der Waals surface area contributed by atoms with Crippen LogP contribution in [0.1, 0.15) is 16.7 Å². The van der Waals surface area contributed by atoms with Crippen LogP contribution in [-0.2, 0) is 0 Å². The highest BCUT2D eigenvalue weighted by atomic mass is 16.5. The fourth-order valence-electron chi connectivity index (χ4n) is 1.79. The number of ether oxygens (including phenoxy) is 1. The zero-order chi connectivity index (χ0) is 13.8. The Labute approximate surface area is 112 Å². The highest BCUT2D eigenvalue weighted by Gasteiger charge is 2.05. The molecular formula is C15H16N2O2. The van der Waals surface area contributed by atoms with Crippen LogP contribution in [0.15, 0.2) is 47.6 Å². The lowest BCUT2D eigenvalue weighted by Crippen LogP contribution is -2.13. The average molecular weight is 256 g/mol. The lowest BCUT2D eigenvalue weighted by atomic mass is 10.1. The molecule has 19 heavy (non-hydrogen) atoms. The van der Waals surface area contributed by atoms with Gasteiger partial charge in [-0.05, 0) is 55.3 Å². The van der Waals surface area contributed by atoms with Crippen LogP contribution in [0.4, 0.5) is 0 Å². The van der Waals surface area contributed by atoms with Crippen molar-refractivity contribution in [3.8, 4) is 11.5 Å². The van der Waals surface area contributed by atoms with Crippen molar-refractivity contribution in [1.29, 1.82) is 0 Å². The minimum Gasteiger partial charge on any atom is -0.457 e. The fourth-order valence-corrected chi connectivity index (χ4v) is 1.79. The summed E-state index contributed by atoms with van der Waals surface area (Å²) in [5, 5.41) is 11.6. The van der Waals surface area contributed by atoms with E-state index in [1.807, 2.05) is 50.2 Å². The second kappa shape index (κ2) is 5.44. The third kappa shape index (κ3) is 3.04. The Kier molecular flexibility index (Phi) is 3.71. The van der Waals surface area contributed by atoms with Crippen molar-refractivity contribution in [3.05, 3.63) is 59.2 Å². The van der Waals surface area contributed by atoms with Gasteiger partial charge in [0.25, 0.3) is 0 Å². The average Bonchev–Trinajstić information content (AvgIpc) is 2.40. The molecule has 2 rings (SSSR count). The van der Waals surface area contributed by atoms with Crippen molar-refractivity contribution in [3.63, 3.8) is 0 Å². The van der Waals surface area contributed by atoms with Gasteiger partial charge in [-0.15, -0.1) is 0 Å². The third-order valence-electron chi connectivity index (χ3n) is 2.80. The molecule has 0 radical (unpaired) electrons. The normalized spacial score (nSPS) is 11.4. The summed E-state index contributed by atoms with van der Waals surface area (Å²) >= 11 is 0. The van der Waals surface area contributed by atoms with E-state index in [0.29, 0.717) is 5.56 Å². The first kappa shape index (κ1) is 13.0. The van der Waals surface area contributed by atoms with Crippen molar-refractivity contribution in [2.24, 2.45) is 10.9 Å². The molecule has 0 atom stereocenters. The summed E-state index contributed by atoms with van der Waals surface area (Å²) in [4.78, 5) is 0. The maximum Gasteiger partial charge on any atom is 0.170 e. The lowest BCUT2D eigenvalue weighted by molar-refractivity contribution is 0.318. The summed E-state index contributed by atoms with van der Waals surface area (Å²) in [6.45, 7) is 3.93. The molecule has 0 unspecified atom stereocenters. The topological polar surface area (TPSA) is 67.8 Å². The molecule has 0 spiro atoms. The number of aryl methyl sites for hydroxylation is 2. The van der Waals surface area contributed by atoms with Crippen LogP contribution in [0, 0.1) is 13.8 Å². The van der Waals surface area contributed by atoms with Crippen LogP contribution in [0.25, 0.3) is 0 Å². The largest absolute Gasteiger partial charge is 0.457 e. The zero-order valence-corrected chi connectivity index (χ0v) is 10.9. The number of oxime groups is 1. The van der Waals surface area contributed by atoms with E-state index >= 15 is 0 Å². The first-order valence-electron chi connectivity index (χ1n) is 5.93. The van der Waals surface area contributed by atoms with Crippen molar-refractivity contribution >= 4 is 5.84 Å². The SMILES string of the molecule is Cc1cccc(Oc2ccc(/C(N)=N/O)cc2C)c1. The molecule has 0 saturated heterocycles. The molecular weight excluding hydrogens is 240 g/mol. The second-order valence-corrected chi connectivity index (χ2v) is 4.38. The van der Waals surface area contributed by atoms with Crippen molar-refractivity contribution in [2.45, 2.75) is 13.8 Å². The molecule has 0 saturated carbocycles. The Morgan fingerprint density at radius 2 is 1.95 bits per heavy atom. The van der Waals surface area contributed by atoms with Gasteiger partial charge in [0.2, 0.25) is 0 Å². The lowest BCUT2D eigenvalue weighted by Gasteiger charge is -2.10. The predicted molar refractivity (Wildman–Crippen MR) is 74.9 cm³/mol. The molecule has 2 aromatic carbocycles. The first-order chi connectivity index (χ1) is 9.10. The Morgan fingerprint density at radius 3 is 2.58 bits per heavy atom. The first-order valence-corrected chi connectivity index (χ1v) is 5.93. The fraction of sp³-hybridized carbons (Fsp3) is 0.133. The smallest absolute Gasteiger partial charge is 0.170 e. The number of amidine groups is 1. The molecule has 0 bridgehead atoms. The summed E-state index contributed by atoms with van der Waals surface area (Å²) < 4.78 is 5.82. The monoisotopic (exact) mass is 256 g/mol. The number of benzene rings is 2. The Bertz CT molecular complexity index is 621. The Morgan fingerprint density at radius 1 is 1.16 bits per heavy atom. The summed E-state index contributed by atoms with van der Waals surface area (Å²) in [5.41, 5.74) is 8.27. The van der Waals surface area contributed by atoms with Crippen LogP contribution >= 0.6 is 0 Å². The van der Waals surface area contributed by atoms with E-state index in [1.165, 1.54) is 0 Å². The van der Waals surface area contributed by atoms with Gasteiger partial charge in [-0.1, -0.05) is 17.3 Å². The molecule has 3 N–H and O–H groups in total. The van der Waals surface area contributed by atoms with Gasteiger partial charge in [0.05, 0.1) is 0 Å². The summed E-state index contributed by atoms with van der Waals surface area (Å²) in [6.07, 6.45) is 0. The van der Waals surface area contributed by atoms with Gasteiger partial charge in [-0.25, -0.2) is 0 Å². The van der Waals surface area contributed by atoms with E-state index in [9.17, 15) is 0 Å². The predicted octanol–water partition coefficient (Wildman–Crippen LogP) is 3.19. The quantitative estimate of drug-likeness (QED) is 0.383. The van der Waals surface area contributed by atoms with E-state index in [-0.39, 0.29) is 5.84 Å². The Balaban J connectivity index is 2.27. The van der Waals surface area contributed by atoms with Crippen LogP contribution < -0.4 is 10.5 Å². The highest BCUT2D eigenvalue weighted by Crippen LogP contribution is 2.26. The van der Waals surface area contributed by atoms with Crippen molar-refractivity contribution in [1.82, 2.24) is 0 Å². The molecule has 0 aliphatic carbocycles. The summed E-state index contributed by atoms with van der Waals surface area (Å²) in [6, 6.07) is 13.2. The van der Waals surface area contributed by atoms with Crippen LogP contribution in [0.3, 0.4) is 0 Å². The maximum absolute atomic E-state index is 8.65. The molecule has 4 nitrogen and oxygen atoms in total. The van der Waals surface area contributed by atoms with Crippen LogP contribution in [0.5, 0.6) is 11.5 Å². The molecule has 0 aliphatic rings. The summed E-state index contributed by atoms with van der Waals surface area (Å²) in [5.74, 6) is 1.63. The van der Waals surface area contributed by atoms with Gasteiger partial charge in [0.15, 0.2) is 5.84 Å². The number of nitrogens with two attached hydrogens (primary N) is 1. The number of nitrogens with zero attached hydrogens (tertiary/aromatic N) is 1. The molecule has 0 heterocycles. The van der Waals surface area contributed by atoms with Gasteiger partial charge in [0.1, 0.15) is 11.5 Å². The van der Waals surface area contributed by atoms with Gasteiger partial charge in [0, 0.05) is 5.56 Å². The number of rotatable bonds is 3. The molecule has 0 fully saturated rings. The van der Waals surface area contributed by atoms with Gasteiger partial charge >= 0.3 is 0 Å². The van der Waals surface area contributed by atoms with Gasteiger partial charge in [-0.3, -0.25) is 0 Å². The van der Waals surface area contributed by atoms with E-state index in [2.05, 4.69) is 5.16 Å². The van der Waals surface area contributed by atoms with Crippen LogP contribution in [0.2, 0.25) is 0 Å². The standard InChI is InChI=1S/C15H16N2O2/c1-10-4-3-5-13(8-10)19-14-7-6-12(9-11(14)2)15(16)17-18/h3-9,18H,1-2H3,(H2,16,17). The number of hydrogen-bond acceptors (Lipinski definition) is 3. The van der Waals surface area contributed by atoms with E-state index in [4.69, 9.17) is 15.7 Å². The molecule has 0 amide bonds. The van der Waals surface area contributed by atoms with E-state index in [1.54, 1.807) is 6.07 Å². The molecule has 0 aliphatic heterocycles. The molecule has 0 aromatic heterocycles. The van der Waals surface area contributed by atoms with Gasteiger partial charge in [-0.2, -0.15) is 0 Å². The van der Waals surface area contributed by atoms with Gasteiger partial charge < -0.3 is 15.7 Å². The number of hydrogen-bond donors (Lipinski definition) is 2. The minimum absolute atomic E-state index is 0.0882. The second-order valence-electron chi connectivity index (χ2n) is 4.38. The van der Waals surface area contributed by atoms with Crippen molar-refractivity contribution in [2.75, 3.05) is 0 Å². The summed E-state index contributed by atoms with van der Waals surface area (Å²) in [7, 11) is 0. The molecule has 4 heteroatoms. The van der Waals surface area contributed by atoms with Crippen LogP contribution in [-0.4, -0.2) is 11.0 Å². The highest BCUT2D eigenvalue weighted by molar-refractivity contribution is 5.97. The third-order valence-corrected chi connectivity index (χ3v) is 2.80. The molecule has 98 valence electrons.